The lowest BCUT2D eigenvalue weighted by Crippen LogP contribution is -2.46. The summed E-state index contributed by atoms with van der Waals surface area (Å²) in [4.78, 5) is 28.7. The number of carbonyl (C=O) groups excluding carboxylic acids is 1. The van der Waals surface area contributed by atoms with Gasteiger partial charge in [0.05, 0.1) is 31.0 Å². The summed E-state index contributed by atoms with van der Waals surface area (Å²) in [6.45, 7) is 1.33. The van der Waals surface area contributed by atoms with Gasteiger partial charge in [0.1, 0.15) is 0 Å². The zero-order valence-corrected chi connectivity index (χ0v) is 14.2. The van der Waals surface area contributed by atoms with Crippen molar-refractivity contribution in [3.05, 3.63) is 59.9 Å². The number of carboxylic acid groups (broad SMARTS) is 1. The Morgan fingerprint density at radius 1 is 1.27 bits per heavy atom. The fraction of sp³-hybridized carbons (Fsp3) is 0.316. The number of hydrogen-bond donors (Lipinski definition) is 1. The number of benzene rings is 1. The Balaban J connectivity index is 1.54. The average Bonchev–Trinajstić information content (AvgIpc) is 2.67. The van der Waals surface area contributed by atoms with Crippen molar-refractivity contribution in [1.82, 2.24) is 9.88 Å². The quantitative estimate of drug-likeness (QED) is 0.886. The second-order valence-corrected chi connectivity index (χ2v) is 6.05. The van der Waals surface area contributed by atoms with E-state index in [0.29, 0.717) is 19.7 Å². The number of nitrogens with zero attached hydrogens (tertiary/aromatic N) is 2. The van der Waals surface area contributed by atoms with Gasteiger partial charge in [0.25, 0.3) is 0 Å². The molecule has 7 heteroatoms. The summed E-state index contributed by atoms with van der Waals surface area (Å²) in [5.74, 6) is -1.01. The van der Waals surface area contributed by atoms with Gasteiger partial charge in [0.15, 0.2) is 5.75 Å². The molecule has 1 amide bonds. The van der Waals surface area contributed by atoms with E-state index < -0.39 is 12.1 Å². The Kier molecular flexibility index (Phi) is 5.80. The zero-order valence-electron chi connectivity index (χ0n) is 14.2. The minimum absolute atomic E-state index is 0.0296. The number of aromatic carboxylic acids is 1. The highest BCUT2D eigenvalue weighted by Crippen LogP contribution is 2.16. The van der Waals surface area contributed by atoms with Crippen LogP contribution in [0.25, 0.3) is 0 Å². The van der Waals surface area contributed by atoms with Crippen molar-refractivity contribution in [2.45, 2.75) is 18.9 Å². The number of ether oxygens (including phenoxy) is 2. The van der Waals surface area contributed by atoms with Crippen LogP contribution >= 0.6 is 0 Å². The molecule has 1 unspecified atom stereocenters. The van der Waals surface area contributed by atoms with E-state index in [0.717, 1.165) is 12.8 Å². The number of morpholine rings is 1. The largest absolute Gasteiger partial charge is 0.478 e. The molecule has 2 heterocycles. The van der Waals surface area contributed by atoms with Gasteiger partial charge in [-0.3, -0.25) is 4.98 Å². The van der Waals surface area contributed by atoms with Gasteiger partial charge in [0, 0.05) is 12.7 Å². The Bertz CT molecular complexity index is 766. The highest BCUT2D eigenvalue weighted by Gasteiger charge is 2.25. The lowest BCUT2D eigenvalue weighted by molar-refractivity contribution is -0.0237. The topological polar surface area (TPSA) is 89.0 Å². The smallest absolute Gasteiger partial charge is 0.415 e. The predicted molar refractivity (Wildman–Crippen MR) is 93.3 cm³/mol. The van der Waals surface area contributed by atoms with E-state index in [4.69, 9.17) is 14.6 Å². The van der Waals surface area contributed by atoms with E-state index in [1.165, 1.54) is 24.0 Å². The number of aryl methyl sites for hydroxylation is 1. The molecule has 2 aromatic rings. The van der Waals surface area contributed by atoms with Crippen LogP contribution in [0.2, 0.25) is 0 Å². The number of amides is 1. The van der Waals surface area contributed by atoms with Crippen molar-refractivity contribution in [2.75, 3.05) is 19.7 Å². The van der Waals surface area contributed by atoms with Crippen molar-refractivity contribution in [3.8, 4) is 5.75 Å². The Hall–Kier alpha value is -2.93. The first-order valence-corrected chi connectivity index (χ1v) is 8.42. The summed E-state index contributed by atoms with van der Waals surface area (Å²) in [6.07, 6.45) is 3.62. The molecule has 1 aliphatic rings. The van der Waals surface area contributed by atoms with Crippen molar-refractivity contribution in [2.24, 2.45) is 0 Å². The van der Waals surface area contributed by atoms with Crippen LogP contribution < -0.4 is 4.74 Å². The summed E-state index contributed by atoms with van der Waals surface area (Å²) in [6, 6.07) is 11.4. The predicted octanol–water partition coefficient (Wildman–Crippen LogP) is 2.61. The minimum atomic E-state index is -1.12. The summed E-state index contributed by atoms with van der Waals surface area (Å²) in [5.41, 5.74) is 1.20. The van der Waals surface area contributed by atoms with Gasteiger partial charge in [-0.1, -0.05) is 30.3 Å². The standard InChI is InChI=1S/C19H20N2O5/c22-18(23)15-10-17(12-20-11-15)26-19(24)21-8-9-25-16(13-21)7-6-14-4-2-1-3-5-14/h1-5,10-12,16H,6-9,13H2,(H,22,23). The minimum Gasteiger partial charge on any atom is -0.478 e. The highest BCUT2D eigenvalue weighted by molar-refractivity contribution is 5.87. The van der Waals surface area contributed by atoms with Crippen molar-refractivity contribution >= 4 is 12.1 Å². The van der Waals surface area contributed by atoms with E-state index in [2.05, 4.69) is 17.1 Å². The second-order valence-electron chi connectivity index (χ2n) is 6.05. The molecular formula is C19H20N2O5. The van der Waals surface area contributed by atoms with E-state index in [9.17, 15) is 9.59 Å². The monoisotopic (exact) mass is 356 g/mol. The van der Waals surface area contributed by atoms with E-state index in [1.54, 1.807) is 4.90 Å². The molecule has 0 saturated carbocycles. The number of carboxylic acids is 1. The number of hydrogen-bond acceptors (Lipinski definition) is 5. The van der Waals surface area contributed by atoms with Crippen LogP contribution in [0.4, 0.5) is 4.79 Å². The number of rotatable bonds is 5. The molecular weight excluding hydrogens is 336 g/mol. The van der Waals surface area contributed by atoms with Crippen molar-refractivity contribution in [3.63, 3.8) is 0 Å². The van der Waals surface area contributed by atoms with E-state index in [1.807, 2.05) is 18.2 Å². The van der Waals surface area contributed by atoms with Crippen LogP contribution in [0.3, 0.4) is 0 Å². The second kappa shape index (κ2) is 8.44. The van der Waals surface area contributed by atoms with Gasteiger partial charge >= 0.3 is 12.1 Å². The average molecular weight is 356 g/mol. The summed E-state index contributed by atoms with van der Waals surface area (Å²) in [7, 11) is 0. The Morgan fingerprint density at radius 3 is 2.85 bits per heavy atom. The molecule has 1 atom stereocenters. The summed E-state index contributed by atoms with van der Waals surface area (Å²) >= 11 is 0. The maximum absolute atomic E-state index is 12.3. The van der Waals surface area contributed by atoms with Crippen LogP contribution in [-0.4, -0.2) is 52.9 Å². The molecule has 26 heavy (non-hydrogen) atoms. The molecule has 0 bridgehead atoms. The normalized spacial score (nSPS) is 16.9. The fourth-order valence-electron chi connectivity index (χ4n) is 2.79. The van der Waals surface area contributed by atoms with E-state index in [-0.39, 0.29) is 17.4 Å². The van der Waals surface area contributed by atoms with Crippen LogP contribution in [0.15, 0.2) is 48.8 Å². The molecule has 1 fully saturated rings. The molecule has 1 aromatic carbocycles. The molecule has 1 N–H and O–H groups in total. The van der Waals surface area contributed by atoms with Gasteiger partial charge in [-0.15, -0.1) is 0 Å². The van der Waals surface area contributed by atoms with Crippen LogP contribution in [0, 0.1) is 0 Å². The number of aromatic nitrogens is 1. The maximum atomic E-state index is 12.3. The SMILES string of the molecule is O=C(O)c1cncc(OC(=O)N2CCOC(CCc3ccccc3)C2)c1. The summed E-state index contributed by atoms with van der Waals surface area (Å²) in [5, 5.41) is 8.97. The molecule has 7 nitrogen and oxygen atoms in total. The van der Waals surface area contributed by atoms with Crippen LogP contribution in [0.1, 0.15) is 22.3 Å². The molecule has 0 radical (unpaired) electrons. The maximum Gasteiger partial charge on any atom is 0.415 e. The molecule has 1 aliphatic heterocycles. The lowest BCUT2D eigenvalue weighted by Gasteiger charge is -2.32. The Labute approximate surface area is 151 Å². The third-order valence-electron chi connectivity index (χ3n) is 4.16. The van der Waals surface area contributed by atoms with Crippen LogP contribution in [0.5, 0.6) is 5.75 Å². The lowest BCUT2D eigenvalue weighted by atomic mass is 10.1. The third kappa shape index (κ3) is 4.80. The molecule has 136 valence electrons. The first-order chi connectivity index (χ1) is 12.6. The van der Waals surface area contributed by atoms with Gasteiger partial charge in [-0.2, -0.15) is 0 Å². The van der Waals surface area contributed by atoms with Crippen molar-refractivity contribution < 1.29 is 24.2 Å². The van der Waals surface area contributed by atoms with Gasteiger partial charge < -0.3 is 19.5 Å². The van der Waals surface area contributed by atoms with Crippen molar-refractivity contribution in [1.29, 1.82) is 0 Å². The van der Waals surface area contributed by atoms with Gasteiger partial charge in [0.2, 0.25) is 0 Å². The van der Waals surface area contributed by atoms with Gasteiger partial charge in [-0.25, -0.2) is 9.59 Å². The molecule has 3 rings (SSSR count). The molecule has 0 spiro atoms. The molecule has 1 aromatic heterocycles. The third-order valence-corrected chi connectivity index (χ3v) is 4.16. The van der Waals surface area contributed by atoms with Gasteiger partial charge in [-0.05, 0) is 24.5 Å². The highest BCUT2D eigenvalue weighted by atomic mass is 16.6. The molecule has 1 saturated heterocycles. The number of pyridine rings is 1. The fourth-order valence-corrected chi connectivity index (χ4v) is 2.79. The zero-order chi connectivity index (χ0) is 18.4. The molecule has 0 aliphatic carbocycles. The number of carbonyl (C=O) groups is 2. The van der Waals surface area contributed by atoms with E-state index >= 15 is 0 Å². The summed E-state index contributed by atoms with van der Waals surface area (Å²) < 4.78 is 11.0. The first kappa shape index (κ1) is 17.9. The van der Waals surface area contributed by atoms with Crippen LogP contribution in [-0.2, 0) is 11.2 Å². The Morgan fingerprint density at radius 2 is 2.08 bits per heavy atom. The first-order valence-electron chi connectivity index (χ1n) is 8.42.